The fourth-order valence-corrected chi connectivity index (χ4v) is 8.42. The fraction of sp³-hybridized carbons (Fsp3) is 0.0333. The number of rotatable bonds is 10. The van der Waals surface area contributed by atoms with E-state index < -0.39 is 0 Å². The molecule has 10 rings (SSSR count). The Labute approximate surface area is 365 Å². The maximum atomic E-state index is 2.37. The highest BCUT2D eigenvalue weighted by molar-refractivity contribution is 6.01. The van der Waals surface area contributed by atoms with Gasteiger partial charge in [0.1, 0.15) is 0 Å². The van der Waals surface area contributed by atoms with E-state index in [4.69, 9.17) is 0 Å². The van der Waals surface area contributed by atoms with Gasteiger partial charge >= 0.3 is 0 Å². The highest BCUT2D eigenvalue weighted by atomic mass is 15.1. The summed E-state index contributed by atoms with van der Waals surface area (Å²) in [5, 5.41) is 2.40. The molecule has 0 atom stereocenters. The quantitative estimate of drug-likeness (QED) is 0.136. The molecule has 0 saturated heterocycles. The first-order chi connectivity index (χ1) is 30.5. The average Bonchev–Trinajstić information content (AvgIpc) is 3.34. The van der Waals surface area contributed by atoms with E-state index in [9.17, 15) is 0 Å². The smallest absolute Gasteiger partial charge is 0.0540 e. The minimum atomic E-state index is 1.11. The van der Waals surface area contributed by atoms with E-state index in [0.717, 1.165) is 34.1 Å². The monoisotopic (exact) mass is 794 g/mol. The third-order valence-corrected chi connectivity index (χ3v) is 11.8. The normalized spacial score (nSPS) is 11.1. The molecule has 2 nitrogen and oxygen atoms in total. The second-order valence-electron chi connectivity index (χ2n) is 16.0. The van der Waals surface area contributed by atoms with Gasteiger partial charge in [-0.3, -0.25) is 0 Å². The Hall–Kier alpha value is -7.94. The van der Waals surface area contributed by atoms with Crippen molar-refractivity contribution in [2.45, 2.75) is 13.8 Å². The summed E-state index contributed by atoms with van der Waals surface area (Å²) in [4.78, 5) is 4.69. The van der Waals surface area contributed by atoms with Gasteiger partial charge in [0, 0.05) is 33.8 Å². The van der Waals surface area contributed by atoms with E-state index in [1.165, 1.54) is 66.4 Å². The molecule has 10 aromatic rings. The summed E-state index contributed by atoms with van der Waals surface area (Å²) in [6.45, 7) is 4.25. The average molecular weight is 795 g/mol. The van der Waals surface area contributed by atoms with E-state index in [1.807, 2.05) is 0 Å². The Morgan fingerprint density at radius 1 is 0.242 bits per heavy atom. The van der Waals surface area contributed by atoms with Gasteiger partial charge in [0.05, 0.1) is 5.69 Å². The molecule has 10 aromatic carbocycles. The minimum absolute atomic E-state index is 1.11. The van der Waals surface area contributed by atoms with Crippen LogP contribution in [0.5, 0.6) is 0 Å². The Bertz CT molecular complexity index is 3060. The molecule has 0 heterocycles. The van der Waals surface area contributed by atoms with Gasteiger partial charge in [0.25, 0.3) is 0 Å². The number of para-hydroxylation sites is 2. The van der Waals surface area contributed by atoms with Crippen LogP contribution in [-0.4, -0.2) is 0 Å². The second kappa shape index (κ2) is 17.0. The highest BCUT2D eigenvalue weighted by Crippen LogP contribution is 2.41. The van der Waals surface area contributed by atoms with Crippen LogP contribution in [0.1, 0.15) is 11.1 Å². The van der Waals surface area contributed by atoms with Crippen molar-refractivity contribution in [2.24, 2.45) is 0 Å². The van der Waals surface area contributed by atoms with Crippen molar-refractivity contribution in [3.8, 4) is 44.5 Å². The van der Waals surface area contributed by atoms with Crippen LogP contribution in [0.2, 0.25) is 0 Å². The lowest BCUT2D eigenvalue weighted by Gasteiger charge is -2.27. The number of benzene rings is 10. The summed E-state index contributed by atoms with van der Waals surface area (Å²) in [6.07, 6.45) is 0. The summed E-state index contributed by atoms with van der Waals surface area (Å²) in [5.41, 5.74) is 18.8. The van der Waals surface area contributed by atoms with Crippen LogP contribution in [0.4, 0.5) is 34.1 Å². The molecular weight excluding hydrogens is 749 g/mol. The van der Waals surface area contributed by atoms with Crippen molar-refractivity contribution >= 4 is 44.9 Å². The zero-order valence-electron chi connectivity index (χ0n) is 35.0. The molecule has 0 N–H and O–H groups in total. The molecule has 0 amide bonds. The maximum absolute atomic E-state index is 2.37. The lowest BCUT2D eigenvalue weighted by Crippen LogP contribution is -2.10. The molecule has 0 aliphatic heterocycles. The molecule has 62 heavy (non-hydrogen) atoms. The number of nitrogens with zero attached hydrogens (tertiary/aromatic N) is 2. The van der Waals surface area contributed by atoms with Gasteiger partial charge in [0.2, 0.25) is 0 Å². The van der Waals surface area contributed by atoms with Crippen molar-refractivity contribution in [2.75, 3.05) is 9.80 Å². The molecule has 0 saturated carbocycles. The zero-order chi connectivity index (χ0) is 41.8. The first-order valence-electron chi connectivity index (χ1n) is 21.3. The zero-order valence-corrected chi connectivity index (χ0v) is 35.0. The Morgan fingerprint density at radius 3 is 1.00 bits per heavy atom. The predicted molar refractivity (Wildman–Crippen MR) is 265 cm³/mol. The van der Waals surface area contributed by atoms with E-state index in [0.29, 0.717) is 0 Å². The van der Waals surface area contributed by atoms with Crippen LogP contribution in [0.25, 0.3) is 55.3 Å². The first-order valence-corrected chi connectivity index (χ1v) is 21.3. The highest BCUT2D eigenvalue weighted by Gasteiger charge is 2.17. The van der Waals surface area contributed by atoms with Gasteiger partial charge in [-0.2, -0.15) is 0 Å². The standard InChI is InChI=1S/C60H46N2/c1-43-16-20-45(21-17-43)48-30-36-56(37-31-48)61(54-11-5-3-6-12-54)57-38-32-50(33-39-57)47-24-26-51(27-25-47)53-29-28-52-10-9-15-60(59(52)42-53)62(55-13-7-4-8-14-55)58-40-34-49(35-41-58)46-22-18-44(2)19-23-46/h3-42H,1-2H3. The van der Waals surface area contributed by atoms with E-state index in [1.54, 1.807) is 0 Å². The number of hydrogen-bond donors (Lipinski definition) is 0. The van der Waals surface area contributed by atoms with Crippen LogP contribution >= 0.6 is 0 Å². The van der Waals surface area contributed by atoms with E-state index >= 15 is 0 Å². The Kier molecular flexibility index (Phi) is 10.5. The third kappa shape index (κ3) is 7.90. The molecular formula is C60H46N2. The van der Waals surface area contributed by atoms with Crippen molar-refractivity contribution in [3.05, 3.63) is 254 Å². The van der Waals surface area contributed by atoms with Crippen molar-refractivity contribution in [1.29, 1.82) is 0 Å². The molecule has 0 aliphatic rings. The van der Waals surface area contributed by atoms with Gasteiger partial charge in [-0.15, -0.1) is 0 Å². The summed E-state index contributed by atoms with van der Waals surface area (Å²) in [7, 11) is 0. The Morgan fingerprint density at radius 2 is 0.565 bits per heavy atom. The van der Waals surface area contributed by atoms with Crippen LogP contribution in [0, 0.1) is 13.8 Å². The number of fused-ring (bicyclic) bond motifs is 1. The molecule has 2 heteroatoms. The van der Waals surface area contributed by atoms with Crippen LogP contribution in [-0.2, 0) is 0 Å². The van der Waals surface area contributed by atoms with E-state index in [2.05, 4.69) is 266 Å². The molecule has 0 aromatic heterocycles. The van der Waals surface area contributed by atoms with Crippen molar-refractivity contribution in [3.63, 3.8) is 0 Å². The molecule has 0 aliphatic carbocycles. The topological polar surface area (TPSA) is 6.48 Å². The van der Waals surface area contributed by atoms with Gasteiger partial charge in [-0.1, -0.05) is 181 Å². The lowest BCUT2D eigenvalue weighted by molar-refractivity contribution is 1.28. The van der Waals surface area contributed by atoms with Gasteiger partial charge in [-0.05, 0) is 137 Å². The molecule has 0 unspecified atom stereocenters. The number of aryl methyl sites for hydroxylation is 2. The van der Waals surface area contributed by atoms with Crippen molar-refractivity contribution in [1.82, 2.24) is 0 Å². The maximum Gasteiger partial charge on any atom is 0.0540 e. The lowest BCUT2D eigenvalue weighted by atomic mass is 9.97. The molecule has 0 radical (unpaired) electrons. The predicted octanol–water partition coefficient (Wildman–Crippen LogP) is 17.1. The first kappa shape index (κ1) is 38.3. The van der Waals surface area contributed by atoms with Crippen LogP contribution < -0.4 is 9.80 Å². The van der Waals surface area contributed by atoms with Gasteiger partial charge < -0.3 is 9.80 Å². The Balaban J connectivity index is 0.937. The number of anilines is 6. The summed E-state index contributed by atoms with van der Waals surface area (Å²) in [6, 6.07) is 87.8. The van der Waals surface area contributed by atoms with Gasteiger partial charge in [-0.25, -0.2) is 0 Å². The fourth-order valence-electron chi connectivity index (χ4n) is 8.42. The van der Waals surface area contributed by atoms with Gasteiger partial charge in [0.15, 0.2) is 0 Å². The molecule has 296 valence electrons. The molecule has 0 spiro atoms. The SMILES string of the molecule is Cc1ccc(-c2ccc(N(c3ccccc3)c3ccc(-c4ccc(-c5ccc6cccc(N(c7ccccc7)c7ccc(-c8ccc(C)cc8)cc7)c6c5)cc4)cc3)cc2)cc1. The summed E-state index contributed by atoms with van der Waals surface area (Å²) < 4.78 is 0. The largest absolute Gasteiger partial charge is 0.311 e. The molecule has 0 bridgehead atoms. The summed E-state index contributed by atoms with van der Waals surface area (Å²) >= 11 is 0. The van der Waals surface area contributed by atoms with Crippen LogP contribution in [0.15, 0.2) is 243 Å². The third-order valence-electron chi connectivity index (χ3n) is 11.8. The molecule has 0 fully saturated rings. The minimum Gasteiger partial charge on any atom is -0.311 e. The van der Waals surface area contributed by atoms with Crippen molar-refractivity contribution < 1.29 is 0 Å². The van der Waals surface area contributed by atoms with Crippen LogP contribution in [0.3, 0.4) is 0 Å². The number of hydrogen-bond acceptors (Lipinski definition) is 2. The van der Waals surface area contributed by atoms with E-state index in [-0.39, 0.29) is 0 Å². The second-order valence-corrected chi connectivity index (χ2v) is 16.0. The summed E-state index contributed by atoms with van der Waals surface area (Å²) in [5.74, 6) is 0.